The Bertz CT molecular complexity index is 480. The van der Waals surface area contributed by atoms with Gasteiger partial charge in [-0.3, -0.25) is 0 Å². The summed E-state index contributed by atoms with van der Waals surface area (Å²) in [6, 6.07) is 0.554. The monoisotopic (exact) mass is 289 g/mol. The van der Waals surface area contributed by atoms with E-state index in [4.69, 9.17) is 0 Å². The van der Waals surface area contributed by atoms with Crippen molar-refractivity contribution in [2.45, 2.75) is 32.2 Å². The van der Waals surface area contributed by atoms with Crippen LogP contribution < -0.4 is 10.0 Å². The van der Waals surface area contributed by atoms with Crippen LogP contribution in [0.2, 0.25) is 0 Å². The zero-order valence-corrected chi connectivity index (χ0v) is 12.1. The highest BCUT2D eigenvalue weighted by atomic mass is 32.2. The molecule has 0 saturated heterocycles. The zero-order valence-electron chi connectivity index (χ0n) is 10.5. The Labute approximate surface area is 112 Å². The van der Waals surface area contributed by atoms with Crippen molar-refractivity contribution in [1.29, 1.82) is 0 Å². The molecule has 0 aliphatic heterocycles. The fraction of sp³-hybridized carbons (Fsp3) is 0.727. The van der Waals surface area contributed by atoms with Crippen LogP contribution >= 0.6 is 11.3 Å². The number of sulfonamides is 1. The summed E-state index contributed by atoms with van der Waals surface area (Å²) in [5, 5.41) is 6.15. The molecule has 0 unspecified atom stereocenters. The van der Waals surface area contributed by atoms with Gasteiger partial charge in [0.05, 0.1) is 10.8 Å². The first-order valence-corrected chi connectivity index (χ1v) is 8.70. The third-order valence-electron chi connectivity index (χ3n) is 2.71. The van der Waals surface area contributed by atoms with Gasteiger partial charge in [0.2, 0.25) is 10.0 Å². The molecular weight excluding hydrogens is 270 g/mol. The largest absolute Gasteiger partial charge is 0.313 e. The van der Waals surface area contributed by atoms with Gasteiger partial charge in [-0.1, -0.05) is 0 Å². The van der Waals surface area contributed by atoms with Crippen LogP contribution in [0.1, 0.15) is 23.5 Å². The van der Waals surface area contributed by atoms with E-state index in [0.29, 0.717) is 25.6 Å². The van der Waals surface area contributed by atoms with Crippen LogP contribution in [0.5, 0.6) is 0 Å². The molecular formula is C11H19N3O2S2. The van der Waals surface area contributed by atoms with Gasteiger partial charge in [-0.15, -0.1) is 11.3 Å². The van der Waals surface area contributed by atoms with Crippen molar-refractivity contribution in [1.82, 2.24) is 15.0 Å². The predicted octanol–water partition coefficient (Wildman–Crippen LogP) is 0.665. The number of hydrogen-bond donors (Lipinski definition) is 2. The number of aromatic nitrogens is 1. The highest BCUT2D eigenvalue weighted by Gasteiger charge is 2.21. The Morgan fingerprint density at radius 2 is 2.22 bits per heavy atom. The molecule has 0 spiro atoms. The van der Waals surface area contributed by atoms with Gasteiger partial charge in [-0.25, -0.2) is 18.1 Å². The molecule has 0 radical (unpaired) electrons. The van der Waals surface area contributed by atoms with E-state index in [9.17, 15) is 8.42 Å². The summed E-state index contributed by atoms with van der Waals surface area (Å²) in [5.74, 6) is 0.153. The van der Waals surface area contributed by atoms with Gasteiger partial charge in [-0.2, -0.15) is 0 Å². The van der Waals surface area contributed by atoms with E-state index in [1.165, 1.54) is 12.8 Å². The maximum absolute atomic E-state index is 11.7. The van der Waals surface area contributed by atoms with E-state index in [2.05, 4.69) is 15.0 Å². The van der Waals surface area contributed by atoms with E-state index >= 15 is 0 Å². The van der Waals surface area contributed by atoms with Gasteiger partial charge in [0.25, 0.3) is 0 Å². The average Bonchev–Trinajstić information content (AvgIpc) is 3.01. The quantitative estimate of drug-likeness (QED) is 0.738. The maximum atomic E-state index is 11.7. The Balaban J connectivity index is 1.64. The summed E-state index contributed by atoms with van der Waals surface area (Å²) < 4.78 is 25.9. The van der Waals surface area contributed by atoms with E-state index in [1.54, 1.807) is 11.3 Å². The van der Waals surface area contributed by atoms with Crippen molar-refractivity contribution in [2.75, 3.05) is 18.8 Å². The first kappa shape index (κ1) is 13.9. The lowest BCUT2D eigenvalue weighted by Crippen LogP contribution is -2.33. The van der Waals surface area contributed by atoms with Gasteiger partial charge >= 0.3 is 0 Å². The molecule has 1 saturated carbocycles. The summed E-state index contributed by atoms with van der Waals surface area (Å²) in [6.45, 7) is 2.91. The Kier molecular flexibility index (Phi) is 4.71. The lowest BCUT2D eigenvalue weighted by Gasteiger charge is -2.06. The molecule has 18 heavy (non-hydrogen) atoms. The molecule has 1 aliphatic rings. The molecule has 102 valence electrons. The van der Waals surface area contributed by atoms with Crippen LogP contribution in [0.25, 0.3) is 0 Å². The predicted molar refractivity (Wildman–Crippen MR) is 73.4 cm³/mol. The molecule has 2 rings (SSSR count). The molecule has 0 aromatic carbocycles. The third-order valence-corrected chi connectivity index (χ3v) is 5.12. The van der Waals surface area contributed by atoms with Gasteiger partial charge in [-0.05, 0) is 19.8 Å². The van der Waals surface area contributed by atoms with Crippen molar-refractivity contribution in [3.8, 4) is 0 Å². The van der Waals surface area contributed by atoms with E-state index < -0.39 is 10.0 Å². The molecule has 1 aliphatic carbocycles. The van der Waals surface area contributed by atoms with Crippen LogP contribution in [0.15, 0.2) is 5.38 Å². The van der Waals surface area contributed by atoms with Crippen LogP contribution in [0.3, 0.4) is 0 Å². The maximum Gasteiger partial charge on any atom is 0.212 e. The second kappa shape index (κ2) is 6.10. The third kappa shape index (κ3) is 5.01. The fourth-order valence-electron chi connectivity index (χ4n) is 1.59. The minimum absolute atomic E-state index is 0.153. The summed E-state index contributed by atoms with van der Waals surface area (Å²) in [6.07, 6.45) is 3.02. The smallest absolute Gasteiger partial charge is 0.212 e. The molecule has 0 bridgehead atoms. The van der Waals surface area contributed by atoms with Crippen LogP contribution in [-0.4, -0.2) is 38.3 Å². The molecule has 1 heterocycles. The highest BCUT2D eigenvalue weighted by molar-refractivity contribution is 7.89. The molecule has 1 aromatic heterocycles. The first-order valence-electron chi connectivity index (χ1n) is 6.17. The Morgan fingerprint density at radius 3 is 2.83 bits per heavy atom. The molecule has 1 fully saturated rings. The van der Waals surface area contributed by atoms with Gasteiger partial charge in [0.15, 0.2) is 0 Å². The number of nitrogens with zero attached hydrogens (tertiary/aromatic N) is 1. The number of aryl methyl sites for hydroxylation is 1. The fourth-order valence-corrected chi connectivity index (χ4v) is 3.31. The zero-order chi connectivity index (χ0) is 13.0. The van der Waals surface area contributed by atoms with E-state index in [-0.39, 0.29) is 5.75 Å². The average molecular weight is 289 g/mol. The van der Waals surface area contributed by atoms with E-state index in [1.807, 2.05) is 12.3 Å². The summed E-state index contributed by atoms with van der Waals surface area (Å²) >= 11 is 1.57. The molecule has 0 atom stereocenters. The van der Waals surface area contributed by atoms with Crippen molar-refractivity contribution >= 4 is 21.4 Å². The molecule has 7 heteroatoms. The van der Waals surface area contributed by atoms with Crippen molar-refractivity contribution < 1.29 is 8.42 Å². The van der Waals surface area contributed by atoms with E-state index in [0.717, 1.165) is 10.7 Å². The summed E-state index contributed by atoms with van der Waals surface area (Å²) in [4.78, 5) is 4.30. The summed E-state index contributed by atoms with van der Waals surface area (Å²) in [7, 11) is -3.15. The second-order valence-electron chi connectivity index (χ2n) is 4.57. The van der Waals surface area contributed by atoms with Crippen molar-refractivity contribution in [2.24, 2.45) is 0 Å². The number of hydrogen-bond acceptors (Lipinski definition) is 5. The SMILES string of the molecule is Cc1csc(CCNS(=O)(=O)CCNC2CC2)n1. The van der Waals surface area contributed by atoms with Gasteiger partial charge < -0.3 is 5.32 Å². The Hall–Kier alpha value is -0.500. The van der Waals surface area contributed by atoms with Crippen LogP contribution in [0.4, 0.5) is 0 Å². The lowest BCUT2D eigenvalue weighted by molar-refractivity contribution is 0.576. The standard InChI is InChI=1S/C11H19N3O2S2/c1-9-8-17-11(14-9)4-5-13-18(15,16)7-6-12-10-2-3-10/h8,10,12-13H,2-7H2,1H3. The number of nitrogens with one attached hydrogen (secondary N) is 2. The lowest BCUT2D eigenvalue weighted by atomic mass is 10.4. The molecule has 1 aromatic rings. The minimum atomic E-state index is -3.15. The molecule has 0 amide bonds. The highest BCUT2D eigenvalue weighted by Crippen LogP contribution is 2.18. The van der Waals surface area contributed by atoms with Crippen LogP contribution in [0, 0.1) is 6.92 Å². The van der Waals surface area contributed by atoms with Gasteiger partial charge in [0.1, 0.15) is 0 Å². The normalized spacial score (nSPS) is 16.1. The van der Waals surface area contributed by atoms with Crippen molar-refractivity contribution in [3.05, 3.63) is 16.1 Å². The molecule has 2 N–H and O–H groups in total. The topological polar surface area (TPSA) is 71.1 Å². The minimum Gasteiger partial charge on any atom is -0.313 e. The Morgan fingerprint density at radius 1 is 1.44 bits per heavy atom. The van der Waals surface area contributed by atoms with Crippen molar-refractivity contribution in [3.63, 3.8) is 0 Å². The van der Waals surface area contributed by atoms with Gasteiger partial charge in [0, 0.05) is 36.6 Å². The first-order chi connectivity index (χ1) is 8.55. The number of thiazole rings is 1. The second-order valence-corrected chi connectivity index (χ2v) is 7.44. The number of rotatable bonds is 8. The van der Waals surface area contributed by atoms with Crippen LogP contribution in [-0.2, 0) is 16.4 Å². The molecule has 5 nitrogen and oxygen atoms in total. The summed E-state index contributed by atoms with van der Waals surface area (Å²) in [5.41, 5.74) is 0.992.